The molecule has 2 N–H and O–H groups in total. The number of carbonyl (C=O) groups excluding carboxylic acids is 1. The molecular weight excluding hydrogens is 304 g/mol. The molecule has 5 heteroatoms. The van der Waals surface area contributed by atoms with Crippen molar-refractivity contribution in [2.75, 3.05) is 18.1 Å². The number of nitrogens with one attached hydrogen (secondary N) is 1. The zero-order valence-electron chi connectivity index (χ0n) is 13.8. The van der Waals surface area contributed by atoms with Gasteiger partial charge in [-0.05, 0) is 18.1 Å². The van der Waals surface area contributed by atoms with Crippen molar-refractivity contribution in [3.63, 3.8) is 0 Å². The largest absolute Gasteiger partial charge is 0.395 e. The van der Waals surface area contributed by atoms with Crippen molar-refractivity contribution in [2.45, 2.75) is 31.6 Å². The summed E-state index contributed by atoms with van der Waals surface area (Å²) in [6.07, 6.45) is 6.05. The highest BCUT2D eigenvalue weighted by molar-refractivity contribution is 6.10. The number of aliphatic hydroxyl groups excluding tert-OH is 1. The smallest absolute Gasteiger partial charge is 0.244 e. The number of nitrogens with zero attached hydrogens (tertiary/aromatic N) is 1. The molecule has 1 unspecified atom stereocenters. The molecule has 24 heavy (non-hydrogen) atoms. The van der Waals surface area contributed by atoms with Gasteiger partial charge in [0.15, 0.2) is 5.43 Å². The fraction of sp³-hybridized carbons (Fsp3) is 0.368. The van der Waals surface area contributed by atoms with E-state index in [1.165, 1.54) is 18.5 Å². The van der Waals surface area contributed by atoms with Gasteiger partial charge in [-0.2, -0.15) is 0 Å². The normalized spacial score (nSPS) is 19.6. The van der Waals surface area contributed by atoms with E-state index in [1.54, 1.807) is 4.90 Å². The fourth-order valence-corrected chi connectivity index (χ4v) is 3.51. The number of aliphatic hydroxyl groups is 1. The maximum Gasteiger partial charge on any atom is 0.244 e. The standard InChI is InChI=1S/C19H22N2O3/c1-2-3-6-11-21-16-8-5-4-7-14(16)19(13-22,18(21)24)15-12-20-10-9-17(15)23/h4-5,7-10,12,22H,2-3,6,11,13H2,1H3,(H,20,23). The topological polar surface area (TPSA) is 73.4 Å². The maximum atomic E-state index is 13.3. The van der Waals surface area contributed by atoms with Gasteiger partial charge in [0, 0.05) is 36.3 Å². The van der Waals surface area contributed by atoms with Crippen LogP contribution in [0.2, 0.25) is 0 Å². The molecule has 1 atom stereocenters. The molecule has 126 valence electrons. The summed E-state index contributed by atoms with van der Waals surface area (Å²) >= 11 is 0. The third kappa shape index (κ3) is 2.36. The Kier molecular flexibility index (Phi) is 4.53. The second kappa shape index (κ2) is 6.61. The minimum atomic E-state index is -1.32. The highest BCUT2D eigenvalue weighted by atomic mass is 16.3. The Morgan fingerprint density at radius 1 is 1.12 bits per heavy atom. The molecule has 0 radical (unpaired) electrons. The number of aromatic nitrogens is 1. The van der Waals surface area contributed by atoms with E-state index in [4.69, 9.17) is 0 Å². The summed E-state index contributed by atoms with van der Waals surface area (Å²) < 4.78 is 0. The number of amides is 1. The molecule has 0 fully saturated rings. The van der Waals surface area contributed by atoms with E-state index in [2.05, 4.69) is 11.9 Å². The van der Waals surface area contributed by atoms with Gasteiger partial charge < -0.3 is 15.0 Å². The van der Waals surface area contributed by atoms with Crippen LogP contribution in [0.5, 0.6) is 0 Å². The first kappa shape index (κ1) is 16.5. The molecule has 1 amide bonds. The van der Waals surface area contributed by atoms with E-state index in [0.29, 0.717) is 17.7 Å². The Balaban J connectivity index is 2.15. The molecule has 1 aromatic heterocycles. The molecule has 2 aromatic rings. The van der Waals surface area contributed by atoms with Crippen LogP contribution in [0.15, 0.2) is 47.5 Å². The van der Waals surface area contributed by atoms with Crippen molar-refractivity contribution in [1.82, 2.24) is 4.98 Å². The first-order valence-corrected chi connectivity index (χ1v) is 8.36. The van der Waals surface area contributed by atoms with Crippen molar-refractivity contribution < 1.29 is 9.90 Å². The van der Waals surface area contributed by atoms with Gasteiger partial charge in [-0.3, -0.25) is 9.59 Å². The first-order chi connectivity index (χ1) is 11.7. The minimum absolute atomic E-state index is 0.223. The third-order valence-electron chi connectivity index (χ3n) is 4.77. The van der Waals surface area contributed by atoms with Crippen LogP contribution in [-0.2, 0) is 10.2 Å². The van der Waals surface area contributed by atoms with Crippen LogP contribution in [0.3, 0.4) is 0 Å². The molecule has 0 spiro atoms. The van der Waals surface area contributed by atoms with Gasteiger partial charge in [0.1, 0.15) is 5.41 Å². The maximum absolute atomic E-state index is 13.3. The van der Waals surface area contributed by atoms with Gasteiger partial charge >= 0.3 is 0 Å². The number of hydrogen-bond donors (Lipinski definition) is 2. The molecule has 1 aliphatic heterocycles. The molecule has 0 bridgehead atoms. The number of rotatable bonds is 6. The molecule has 0 saturated heterocycles. The number of aromatic amines is 1. The zero-order chi connectivity index (χ0) is 17.2. The van der Waals surface area contributed by atoms with E-state index in [9.17, 15) is 14.7 Å². The number of anilines is 1. The number of pyridine rings is 1. The molecule has 5 nitrogen and oxygen atoms in total. The van der Waals surface area contributed by atoms with E-state index in [0.717, 1.165) is 24.9 Å². The Morgan fingerprint density at radius 2 is 1.92 bits per heavy atom. The Labute approximate surface area is 140 Å². The second-order valence-electron chi connectivity index (χ2n) is 6.17. The van der Waals surface area contributed by atoms with Gasteiger partial charge in [0.25, 0.3) is 0 Å². The fourth-order valence-electron chi connectivity index (χ4n) is 3.51. The predicted octanol–water partition coefficient (Wildman–Crippen LogP) is 2.19. The van der Waals surface area contributed by atoms with Crippen LogP contribution in [0, 0.1) is 0 Å². The Hall–Kier alpha value is -2.40. The van der Waals surface area contributed by atoms with Crippen molar-refractivity contribution in [1.29, 1.82) is 0 Å². The first-order valence-electron chi connectivity index (χ1n) is 8.36. The quantitative estimate of drug-likeness (QED) is 0.799. The number of fused-ring (bicyclic) bond motifs is 1. The van der Waals surface area contributed by atoms with Crippen LogP contribution in [0.25, 0.3) is 0 Å². The Bertz CT molecular complexity index is 799. The van der Waals surface area contributed by atoms with Crippen LogP contribution < -0.4 is 10.3 Å². The summed E-state index contributed by atoms with van der Waals surface area (Å²) in [7, 11) is 0. The summed E-state index contributed by atoms with van der Waals surface area (Å²) in [6.45, 7) is 2.28. The second-order valence-corrected chi connectivity index (χ2v) is 6.17. The van der Waals surface area contributed by atoms with Crippen molar-refractivity contribution >= 4 is 11.6 Å². The third-order valence-corrected chi connectivity index (χ3v) is 4.77. The minimum Gasteiger partial charge on any atom is -0.395 e. The number of benzene rings is 1. The van der Waals surface area contributed by atoms with Crippen LogP contribution in [0.4, 0.5) is 5.69 Å². The average molecular weight is 326 g/mol. The van der Waals surface area contributed by atoms with Gasteiger partial charge in [-0.25, -0.2) is 0 Å². The monoisotopic (exact) mass is 326 g/mol. The van der Waals surface area contributed by atoms with Gasteiger partial charge in [0.2, 0.25) is 5.91 Å². The number of unbranched alkanes of at least 4 members (excludes halogenated alkanes) is 2. The lowest BCUT2D eigenvalue weighted by molar-refractivity contribution is -0.123. The zero-order valence-corrected chi connectivity index (χ0v) is 13.8. The van der Waals surface area contributed by atoms with Gasteiger partial charge in [0.05, 0.1) is 6.61 Å². The number of hydrogen-bond acceptors (Lipinski definition) is 3. The van der Waals surface area contributed by atoms with Crippen LogP contribution >= 0.6 is 0 Å². The van der Waals surface area contributed by atoms with Crippen LogP contribution in [0.1, 0.15) is 37.3 Å². The summed E-state index contributed by atoms with van der Waals surface area (Å²) in [5.41, 5.74) is 0.211. The average Bonchev–Trinajstić information content (AvgIpc) is 2.85. The number of H-pyrrole nitrogens is 1. The summed E-state index contributed by atoms with van der Waals surface area (Å²) in [4.78, 5) is 30.3. The lowest BCUT2D eigenvalue weighted by atomic mass is 9.76. The molecular formula is C19H22N2O3. The van der Waals surface area contributed by atoms with E-state index in [1.807, 2.05) is 24.3 Å². The molecule has 0 saturated carbocycles. The lowest BCUT2D eigenvalue weighted by Crippen LogP contribution is -2.46. The molecule has 1 aliphatic rings. The van der Waals surface area contributed by atoms with Crippen molar-refractivity contribution in [2.24, 2.45) is 0 Å². The van der Waals surface area contributed by atoms with E-state index >= 15 is 0 Å². The van der Waals surface area contributed by atoms with Gasteiger partial charge in [-0.15, -0.1) is 0 Å². The van der Waals surface area contributed by atoms with Crippen molar-refractivity contribution in [3.8, 4) is 0 Å². The van der Waals surface area contributed by atoms with Crippen LogP contribution in [-0.4, -0.2) is 29.1 Å². The molecule has 3 rings (SSSR count). The number of para-hydroxylation sites is 1. The molecule has 2 heterocycles. The summed E-state index contributed by atoms with van der Waals surface area (Å²) in [6, 6.07) is 8.82. The molecule has 0 aliphatic carbocycles. The number of carbonyl (C=O) groups is 1. The lowest BCUT2D eigenvalue weighted by Gasteiger charge is -2.26. The van der Waals surface area contributed by atoms with Crippen molar-refractivity contribution in [3.05, 3.63) is 64.1 Å². The highest BCUT2D eigenvalue weighted by Crippen LogP contribution is 2.44. The highest BCUT2D eigenvalue weighted by Gasteiger charge is 2.52. The van der Waals surface area contributed by atoms with E-state index < -0.39 is 12.0 Å². The summed E-state index contributed by atoms with van der Waals surface area (Å²) in [5.74, 6) is -0.223. The molecule has 1 aromatic carbocycles. The predicted molar refractivity (Wildman–Crippen MR) is 93.2 cm³/mol. The SMILES string of the molecule is CCCCCN1C(=O)C(CO)(c2c[nH]ccc2=O)c2ccccc21. The van der Waals surface area contributed by atoms with Gasteiger partial charge in [-0.1, -0.05) is 38.0 Å². The summed E-state index contributed by atoms with van der Waals surface area (Å²) in [5, 5.41) is 10.2. The Morgan fingerprint density at radius 3 is 2.62 bits per heavy atom. The van der Waals surface area contributed by atoms with E-state index in [-0.39, 0.29) is 11.3 Å².